The zero-order valence-electron chi connectivity index (χ0n) is 17.0. The molecule has 0 aliphatic heterocycles. The van der Waals surface area contributed by atoms with Gasteiger partial charge in [-0.1, -0.05) is 60.7 Å². The predicted molar refractivity (Wildman–Crippen MR) is 115 cm³/mol. The molecule has 0 fully saturated rings. The average Bonchev–Trinajstić information content (AvgIpc) is 2.79. The van der Waals surface area contributed by atoms with E-state index < -0.39 is 18.2 Å². The van der Waals surface area contributed by atoms with Gasteiger partial charge in [-0.05, 0) is 24.0 Å². The van der Waals surface area contributed by atoms with Crippen molar-refractivity contribution in [3.63, 3.8) is 0 Å². The van der Waals surface area contributed by atoms with Crippen LogP contribution in [0.4, 0.5) is 9.59 Å². The fraction of sp³-hybridized carbons (Fsp3) is 0.273. The van der Waals surface area contributed by atoms with E-state index in [9.17, 15) is 14.4 Å². The van der Waals surface area contributed by atoms with Gasteiger partial charge in [0.1, 0.15) is 19.5 Å². The first-order valence-corrected chi connectivity index (χ1v) is 9.77. The zero-order valence-corrected chi connectivity index (χ0v) is 17.0. The SMILES string of the molecule is NC(=NCCCC(C=O)NC(=O)OCc1ccccc1)NC(=O)OCc1ccccc1. The summed E-state index contributed by atoms with van der Waals surface area (Å²) in [6, 6.07) is 17.7. The number of aldehydes is 1. The number of rotatable bonds is 10. The number of hydrogen-bond acceptors (Lipinski definition) is 6. The molecule has 2 amide bonds. The molecule has 4 N–H and O–H groups in total. The summed E-state index contributed by atoms with van der Waals surface area (Å²) in [7, 11) is 0. The van der Waals surface area contributed by atoms with E-state index in [2.05, 4.69) is 15.6 Å². The number of nitrogens with zero attached hydrogens (tertiary/aromatic N) is 1. The van der Waals surface area contributed by atoms with Gasteiger partial charge in [-0.15, -0.1) is 0 Å². The molecule has 0 aliphatic carbocycles. The number of hydrogen-bond donors (Lipinski definition) is 3. The molecule has 0 aliphatic rings. The van der Waals surface area contributed by atoms with Crippen LogP contribution in [0.5, 0.6) is 0 Å². The van der Waals surface area contributed by atoms with Crippen LogP contribution in [0.3, 0.4) is 0 Å². The lowest BCUT2D eigenvalue weighted by Gasteiger charge is -2.12. The van der Waals surface area contributed by atoms with Gasteiger partial charge in [-0.25, -0.2) is 9.59 Å². The second-order valence-electron chi connectivity index (χ2n) is 6.54. The molecular formula is C22H26N4O5. The highest BCUT2D eigenvalue weighted by Crippen LogP contribution is 2.02. The van der Waals surface area contributed by atoms with Gasteiger partial charge < -0.3 is 25.3 Å². The molecule has 9 heteroatoms. The number of carbonyl (C=O) groups is 3. The van der Waals surface area contributed by atoms with E-state index in [-0.39, 0.29) is 25.7 Å². The first kappa shape index (κ1) is 23.4. The summed E-state index contributed by atoms with van der Waals surface area (Å²) < 4.78 is 10.1. The number of alkyl carbamates (subject to hydrolysis) is 2. The molecule has 31 heavy (non-hydrogen) atoms. The monoisotopic (exact) mass is 426 g/mol. The van der Waals surface area contributed by atoms with Crippen LogP contribution in [0.15, 0.2) is 65.7 Å². The summed E-state index contributed by atoms with van der Waals surface area (Å²) in [5, 5.41) is 4.81. The number of ether oxygens (including phenoxy) is 2. The number of guanidine groups is 1. The van der Waals surface area contributed by atoms with Crippen LogP contribution in [0.25, 0.3) is 0 Å². The quantitative estimate of drug-likeness (QED) is 0.231. The van der Waals surface area contributed by atoms with Gasteiger partial charge in [0.05, 0.1) is 6.04 Å². The topological polar surface area (TPSA) is 132 Å². The van der Waals surface area contributed by atoms with E-state index in [1.807, 2.05) is 60.7 Å². The number of nitrogens with one attached hydrogen (secondary N) is 2. The maximum atomic E-state index is 11.8. The van der Waals surface area contributed by atoms with Crippen molar-refractivity contribution in [2.45, 2.75) is 32.1 Å². The van der Waals surface area contributed by atoms with Crippen molar-refractivity contribution in [1.82, 2.24) is 10.6 Å². The van der Waals surface area contributed by atoms with E-state index in [1.54, 1.807) is 0 Å². The van der Waals surface area contributed by atoms with E-state index in [0.717, 1.165) is 11.1 Å². The molecule has 1 unspecified atom stereocenters. The minimum Gasteiger partial charge on any atom is -0.445 e. The van der Waals surface area contributed by atoms with Gasteiger partial charge in [-0.2, -0.15) is 0 Å². The lowest BCUT2D eigenvalue weighted by molar-refractivity contribution is -0.109. The van der Waals surface area contributed by atoms with Crippen molar-refractivity contribution in [3.05, 3.63) is 71.8 Å². The summed E-state index contributed by atoms with van der Waals surface area (Å²) in [6.45, 7) is 0.494. The molecular weight excluding hydrogens is 400 g/mol. The number of carbonyl (C=O) groups excluding carboxylic acids is 3. The van der Waals surface area contributed by atoms with Gasteiger partial charge in [0.2, 0.25) is 0 Å². The van der Waals surface area contributed by atoms with Crippen LogP contribution in [-0.4, -0.2) is 37.0 Å². The van der Waals surface area contributed by atoms with Gasteiger partial charge in [0.15, 0.2) is 5.96 Å². The molecule has 2 rings (SSSR count). The molecule has 164 valence electrons. The Balaban J connectivity index is 1.62. The van der Waals surface area contributed by atoms with Crippen molar-refractivity contribution < 1.29 is 23.9 Å². The van der Waals surface area contributed by atoms with E-state index in [0.29, 0.717) is 19.1 Å². The van der Waals surface area contributed by atoms with Crippen molar-refractivity contribution in [1.29, 1.82) is 0 Å². The number of nitrogens with two attached hydrogens (primary N) is 1. The molecule has 0 saturated heterocycles. The zero-order chi connectivity index (χ0) is 22.3. The first-order chi connectivity index (χ1) is 15.1. The van der Waals surface area contributed by atoms with Crippen molar-refractivity contribution in [2.75, 3.05) is 6.54 Å². The third kappa shape index (κ3) is 9.93. The predicted octanol–water partition coefficient (Wildman–Crippen LogP) is 2.50. The normalized spacial score (nSPS) is 11.8. The molecule has 0 heterocycles. The third-order valence-electron chi connectivity index (χ3n) is 4.08. The van der Waals surface area contributed by atoms with Crippen molar-refractivity contribution in [3.8, 4) is 0 Å². The Morgan fingerprint density at radius 2 is 1.48 bits per heavy atom. The number of aliphatic imine (C=N–C) groups is 1. The van der Waals surface area contributed by atoms with Crippen LogP contribution in [-0.2, 0) is 27.5 Å². The summed E-state index contributed by atoms with van der Waals surface area (Å²) in [5.41, 5.74) is 7.34. The molecule has 1 atom stereocenters. The minimum atomic E-state index is -0.710. The second kappa shape index (κ2) is 13.4. The van der Waals surface area contributed by atoms with Crippen molar-refractivity contribution >= 4 is 24.4 Å². The molecule has 2 aromatic carbocycles. The van der Waals surface area contributed by atoms with Crippen LogP contribution < -0.4 is 16.4 Å². The Hall–Kier alpha value is -3.88. The van der Waals surface area contributed by atoms with Crippen LogP contribution >= 0.6 is 0 Å². The highest BCUT2D eigenvalue weighted by Gasteiger charge is 2.12. The number of amides is 2. The highest BCUT2D eigenvalue weighted by atomic mass is 16.6. The molecule has 9 nitrogen and oxygen atoms in total. The van der Waals surface area contributed by atoms with Crippen molar-refractivity contribution in [2.24, 2.45) is 10.7 Å². The minimum absolute atomic E-state index is 0.0871. The smallest absolute Gasteiger partial charge is 0.414 e. The Bertz CT molecular complexity index is 859. The summed E-state index contributed by atoms with van der Waals surface area (Å²) in [4.78, 5) is 38.7. The lowest BCUT2D eigenvalue weighted by Crippen LogP contribution is -2.37. The van der Waals surface area contributed by atoms with Crippen LogP contribution in [0, 0.1) is 0 Å². The lowest BCUT2D eigenvalue weighted by atomic mass is 10.2. The van der Waals surface area contributed by atoms with E-state index in [4.69, 9.17) is 15.2 Å². The van der Waals surface area contributed by atoms with E-state index >= 15 is 0 Å². The van der Waals surface area contributed by atoms with Crippen LogP contribution in [0.2, 0.25) is 0 Å². The summed E-state index contributed by atoms with van der Waals surface area (Å²) in [5.74, 6) is -0.0871. The fourth-order valence-corrected chi connectivity index (χ4v) is 2.50. The van der Waals surface area contributed by atoms with Gasteiger partial charge >= 0.3 is 12.2 Å². The third-order valence-corrected chi connectivity index (χ3v) is 4.08. The van der Waals surface area contributed by atoms with Crippen LogP contribution in [0.1, 0.15) is 24.0 Å². The maximum absolute atomic E-state index is 11.8. The largest absolute Gasteiger partial charge is 0.445 e. The Labute approximate surface area is 180 Å². The highest BCUT2D eigenvalue weighted by molar-refractivity contribution is 5.92. The fourth-order valence-electron chi connectivity index (χ4n) is 2.50. The standard InChI is InChI=1S/C22H26N4O5/c23-20(26-22(29)31-16-18-10-5-2-6-11-18)24-13-7-12-19(14-27)25-21(28)30-15-17-8-3-1-4-9-17/h1-6,8-11,14,19H,7,12-13,15-16H2,(H,25,28)(H3,23,24,26,29). The Kier molecular flexibility index (Phi) is 10.1. The molecule has 0 aromatic heterocycles. The Morgan fingerprint density at radius 3 is 2.03 bits per heavy atom. The van der Waals surface area contributed by atoms with E-state index in [1.165, 1.54) is 0 Å². The second-order valence-corrected chi connectivity index (χ2v) is 6.54. The van der Waals surface area contributed by atoms with Gasteiger partial charge in [0, 0.05) is 6.54 Å². The average molecular weight is 426 g/mol. The number of benzene rings is 2. The summed E-state index contributed by atoms with van der Waals surface area (Å²) in [6.07, 6.45) is 0.0597. The molecule has 2 aromatic rings. The Morgan fingerprint density at radius 1 is 0.935 bits per heavy atom. The molecule has 0 spiro atoms. The van der Waals surface area contributed by atoms with Gasteiger partial charge in [-0.3, -0.25) is 10.3 Å². The first-order valence-electron chi connectivity index (χ1n) is 9.77. The molecule has 0 bridgehead atoms. The molecule has 0 radical (unpaired) electrons. The van der Waals surface area contributed by atoms with Gasteiger partial charge in [0.25, 0.3) is 0 Å². The summed E-state index contributed by atoms with van der Waals surface area (Å²) >= 11 is 0. The molecule has 0 saturated carbocycles. The maximum Gasteiger partial charge on any atom is 0.414 e.